The quantitative estimate of drug-likeness (QED) is 0.111. The Balaban J connectivity index is 0.975. The molecule has 8 rings (SSSR count). The molecule has 2 N–H and O–H groups in total. The molecule has 0 aromatic heterocycles. The third-order valence-corrected chi connectivity index (χ3v) is 12.1. The summed E-state index contributed by atoms with van der Waals surface area (Å²) in [4.78, 5) is 42.6. The molecule has 6 atom stereocenters. The second-order valence-electron chi connectivity index (χ2n) is 16.1. The minimum absolute atomic E-state index is 0.0133. The van der Waals surface area contributed by atoms with E-state index < -0.39 is 24.3 Å². The smallest absolute Gasteiger partial charge is 0.408 e. The highest BCUT2D eigenvalue weighted by atomic mass is 16.7. The third kappa shape index (κ3) is 9.43. The molecular weight excluding hydrogens is 767 g/mol. The second-order valence-corrected chi connectivity index (χ2v) is 16.1. The number of likely N-dealkylation sites (tertiary alicyclic amines) is 1. The number of ether oxygens (including phenoxy) is 3. The number of imide groups is 1. The van der Waals surface area contributed by atoms with Crippen molar-refractivity contribution in [3.8, 4) is 11.1 Å². The molecule has 3 amide bonds. The van der Waals surface area contributed by atoms with Crippen LogP contribution in [0.1, 0.15) is 72.1 Å². The molecule has 1 unspecified atom stereocenters. The summed E-state index contributed by atoms with van der Waals surface area (Å²) in [6.45, 7) is 5.15. The molecule has 0 radical (unpaired) electrons. The Morgan fingerprint density at radius 3 is 2.26 bits per heavy atom. The third-order valence-electron chi connectivity index (χ3n) is 12.1. The summed E-state index contributed by atoms with van der Waals surface area (Å²) in [6.07, 6.45) is -1.98. The van der Waals surface area contributed by atoms with Gasteiger partial charge in [-0.3, -0.25) is 19.4 Å². The number of carbonyl (C=O) groups excluding carboxylic acids is 3. The summed E-state index contributed by atoms with van der Waals surface area (Å²) in [5, 5.41) is 14.7. The molecule has 0 bridgehead atoms. The van der Waals surface area contributed by atoms with Crippen LogP contribution in [0.5, 0.6) is 0 Å². The SMILES string of the molecule is C[C@@H]1[C@H](CN(C)[C@H](C)c2ccc3ccccc3c2)O[C@H](c2ccc(-c3ccccc3CN3C(=O)CC(NC(=O)OCc4ccccc4)C3=O)cc2)O[C@@H]1c1ccc(CO)cc1. The number of aliphatic hydroxyl groups is 1. The highest BCUT2D eigenvalue weighted by Gasteiger charge is 2.41. The fraction of sp³-hybridized carbons (Fsp3) is 0.275. The summed E-state index contributed by atoms with van der Waals surface area (Å²) < 4.78 is 18.9. The lowest BCUT2D eigenvalue weighted by molar-refractivity contribution is -0.276. The molecule has 0 aliphatic carbocycles. The van der Waals surface area contributed by atoms with Crippen LogP contribution < -0.4 is 5.32 Å². The zero-order chi connectivity index (χ0) is 42.5. The monoisotopic (exact) mass is 817 g/mol. The Bertz CT molecular complexity index is 2480. The largest absolute Gasteiger partial charge is 0.445 e. The fourth-order valence-corrected chi connectivity index (χ4v) is 8.29. The molecule has 6 aromatic carbocycles. The van der Waals surface area contributed by atoms with E-state index in [-0.39, 0.29) is 56.3 Å². The van der Waals surface area contributed by atoms with Gasteiger partial charge in [-0.05, 0) is 69.8 Å². The number of hydrogen-bond acceptors (Lipinski definition) is 8. The van der Waals surface area contributed by atoms with E-state index >= 15 is 0 Å². The Morgan fingerprint density at radius 2 is 1.51 bits per heavy atom. The molecule has 0 saturated carbocycles. The maximum Gasteiger partial charge on any atom is 0.408 e. The van der Waals surface area contributed by atoms with Crippen LogP contribution in [0.15, 0.2) is 146 Å². The van der Waals surface area contributed by atoms with Crippen LogP contribution in [0.2, 0.25) is 0 Å². The lowest BCUT2D eigenvalue weighted by Gasteiger charge is -2.43. The minimum Gasteiger partial charge on any atom is -0.445 e. The van der Waals surface area contributed by atoms with Gasteiger partial charge in [0.15, 0.2) is 6.29 Å². The van der Waals surface area contributed by atoms with E-state index in [4.69, 9.17) is 14.2 Å². The van der Waals surface area contributed by atoms with E-state index in [9.17, 15) is 19.5 Å². The van der Waals surface area contributed by atoms with Gasteiger partial charge in [-0.15, -0.1) is 0 Å². The summed E-state index contributed by atoms with van der Waals surface area (Å²) in [5.41, 5.74) is 7.33. The maximum absolute atomic E-state index is 13.4. The van der Waals surface area contributed by atoms with Gasteiger partial charge < -0.3 is 24.6 Å². The average molecular weight is 818 g/mol. The first-order valence-corrected chi connectivity index (χ1v) is 20.8. The first-order chi connectivity index (χ1) is 29.6. The Kier molecular flexibility index (Phi) is 12.7. The van der Waals surface area contributed by atoms with Gasteiger partial charge in [-0.25, -0.2) is 4.79 Å². The molecule has 0 spiro atoms. The predicted octanol–water partition coefficient (Wildman–Crippen LogP) is 9.04. The molecule has 312 valence electrons. The number of aliphatic hydroxyl groups excluding tert-OH is 1. The number of alkyl carbamates (subject to hydrolysis) is 1. The van der Waals surface area contributed by atoms with Crippen LogP contribution in [-0.4, -0.2) is 58.6 Å². The molecule has 2 saturated heterocycles. The molecule has 2 aliphatic rings. The van der Waals surface area contributed by atoms with Crippen molar-refractivity contribution in [1.29, 1.82) is 0 Å². The van der Waals surface area contributed by atoms with Crippen LogP contribution >= 0.6 is 0 Å². The van der Waals surface area contributed by atoms with Crippen LogP contribution in [0.3, 0.4) is 0 Å². The highest BCUT2D eigenvalue weighted by Crippen LogP contribution is 2.43. The zero-order valence-electron chi connectivity index (χ0n) is 34.6. The van der Waals surface area contributed by atoms with Gasteiger partial charge >= 0.3 is 6.09 Å². The van der Waals surface area contributed by atoms with Gasteiger partial charge in [0.2, 0.25) is 5.91 Å². The minimum atomic E-state index is -0.998. The van der Waals surface area contributed by atoms with Gasteiger partial charge in [-0.1, -0.05) is 146 Å². The number of carbonyl (C=O) groups is 3. The summed E-state index contributed by atoms with van der Waals surface area (Å²) in [5.74, 6) is -0.823. The van der Waals surface area contributed by atoms with E-state index in [1.807, 2.05) is 103 Å². The number of nitrogens with one attached hydrogen (secondary N) is 1. The Morgan fingerprint density at radius 1 is 0.820 bits per heavy atom. The summed E-state index contributed by atoms with van der Waals surface area (Å²) in [6, 6.07) is 47.1. The normalized spacial score (nSPS) is 20.9. The van der Waals surface area contributed by atoms with Crippen LogP contribution in [0.25, 0.3) is 21.9 Å². The van der Waals surface area contributed by atoms with E-state index in [0.29, 0.717) is 6.54 Å². The topological polar surface area (TPSA) is 118 Å². The van der Waals surface area contributed by atoms with Gasteiger partial charge in [-0.2, -0.15) is 0 Å². The maximum atomic E-state index is 13.4. The number of amides is 3. The number of benzene rings is 6. The van der Waals surface area contributed by atoms with Crippen molar-refractivity contribution in [2.24, 2.45) is 5.92 Å². The van der Waals surface area contributed by atoms with Gasteiger partial charge in [0.25, 0.3) is 5.91 Å². The molecular formula is C51H51N3O7. The number of hydrogen-bond donors (Lipinski definition) is 2. The van der Waals surface area contributed by atoms with Crippen LogP contribution in [0.4, 0.5) is 4.79 Å². The lowest BCUT2D eigenvalue weighted by atomic mass is 9.89. The van der Waals surface area contributed by atoms with Gasteiger partial charge in [0, 0.05) is 24.1 Å². The van der Waals surface area contributed by atoms with Crippen LogP contribution in [0, 0.1) is 5.92 Å². The first-order valence-electron chi connectivity index (χ1n) is 20.8. The standard InChI is InChI=1S/C51H51N3O7/c1-33-46(30-53(3)34(2)41-26-21-37-13-7-8-14-42(37)27-41)60-50(61-48(33)39-19-17-35(31-55)18-20-39)40-24-22-38(23-25-40)44-16-10-9-15-43(44)29-54-47(56)28-45(49(54)57)52-51(58)59-32-36-11-5-4-6-12-36/h4-27,33-34,45-46,48,50,55H,28-32H2,1-3H3,(H,52,58)/t33-,34-,45?,46+,48+,50+/m1/s1. The van der Waals surface area contributed by atoms with E-state index in [1.54, 1.807) is 0 Å². The van der Waals surface area contributed by atoms with Crippen molar-refractivity contribution in [2.45, 2.75) is 70.6 Å². The van der Waals surface area contributed by atoms with Crippen molar-refractivity contribution >= 4 is 28.7 Å². The van der Waals surface area contributed by atoms with Gasteiger partial charge in [0.05, 0.1) is 31.8 Å². The van der Waals surface area contributed by atoms with Crippen molar-refractivity contribution in [3.63, 3.8) is 0 Å². The second kappa shape index (κ2) is 18.6. The molecule has 10 heteroatoms. The van der Waals surface area contributed by atoms with Crippen molar-refractivity contribution in [2.75, 3.05) is 13.6 Å². The average Bonchev–Trinajstić information content (AvgIpc) is 3.56. The fourth-order valence-electron chi connectivity index (χ4n) is 8.29. The molecule has 6 aromatic rings. The number of likely N-dealkylation sites (N-methyl/N-ethyl adjacent to an activating group) is 1. The van der Waals surface area contributed by atoms with E-state index in [1.165, 1.54) is 21.2 Å². The molecule has 2 heterocycles. The van der Waals surface area contributed by atoms with Crippen molar-refractivity contribution in [1.82, 2.24) is 15.1 Å². The number of rotatable bonds is 13. The predicted molar refractivity (Wildman–Crippen MR) is 234 cm³/mol. The summed E-state index contributed by atoms with van der Waals surface area (Å²) >= 11 is 0. The first kappa shape index (κ1) is 41.6. The number of fused-ring (bicyclic) bond motifs is 1. The van der Waals surface area contributed by atoms with E-state index in [2.05, 4.69) is 73.6 Å². The zero-order valence-corrected chi connectivity index (χ0v) is 34.6. The molecule has 2 aliphatic heterocycles. The van der Waals surface area contributed by atoms with Crippen molar-refractivity contribution < 1.29 is 33.7 Å². The summed E-state index contributed by atoms with van der Waals surface area (Å²) in [7, 11) is 2.14. The Hall–Kier alpha value is -6.17. The molecule has 10 nitrogen and oxygen atoms in total. The molecule has 61 heavy (non-hydrogen) atoms. The van der Waals surface area contributed by atoms with Crippen LogP contribution in [-0.2, 0) is 43.6 Å². The number of nitrogens with zero attached hydrogens (tertiary/aromatic N) is 2. The molecule has 2 fully saturated rings. The Labute approximate surface area is 356 Å². The highest BCUT2D eigenvalue weighted by molar-refractivity contribution is 6.06. The lowest BCUT2D eigenvalue weighted by Crippen LogP contribution is -2.44. The van der Waals surface area contributed by atoms with E-state index in [0.717, 1.165) is 38.9 Å². The van der Waals surface area contributed by atoms with Crippen molar-refractivity contribution in [3.05, 3.63) is 179 Å². The van der Waals surface area contributed by atoms with Gasteiger partial charge in [0.1, 0.15) is 12.6 Å².